The third kappa shape index (κ3) is 5.52. The van der Waals surface area contributed by atoms with Gasteiger partial charge in [-0.2, -0.15) is 5.26 Å². The first-order chi connectivity index (χ1) is 12.7. The summed E-state index contributed by atoms with van der Waals surface area (Å²) in [6, 6.07) is 22.5. The molecule has 0 radical (unpaired) electrons. The number of benzene rings is 2. The summed E-state index contributed by atoms with van der Waals surface area (Å²) < 4.78 is 6.48. The van der Waals surface area contributed by atoms with Crippen LogP contribution < -0.4 is 5.32 Å². The SMILES string of the molecule is C[C@H](O[Si](C)(C)C(C)(C)C)[C@H](C#N)NC(c1ccccc1)c1ccccc1. The summed E-state index contributed by atoms with van der Waals surface area (Å²) in [5.41, 5.74) is 2.28. The quantitative estimate of drug-likeness (QED) is 0.630. The molecule has 0 amide bonds. The molecule has 0 aliphatic heterocycles. The Bertz CT molecular complexity index is 708. The number of nitriles is 1. The Balaban J connectivity index is 2.26. The van der Waals surface area contributed by atoms with Crippen LogP contribution in [0.4, 0.5) is 0 Å². The summed E-state index contributed by atoms with van der Waals surface area (Å²) in [5, 5.41) is 13.5. The van der Waals surface area contributed by atoms with E-state index in [4.69, 9.17) is 4.43 Å². The lowest BCUT2D eigenvalue weighted by Crippen LogP contribution is -2.49. The molecule has 0 aliphatic rings. The van der Waals surface area contributed by atoms with Crippen LogP contribution in [-0.4, -0.2) is 20.5 Å². The summed E-state index contributed by atoms with van der Waals surface area (Å²) in [6.45, 7) is 13.1. The van der Waals surface area contributed by atoms with Gasteiger partial charge in [-0.25, -0.2) is 0 Å². The summed E-state index contributed by atoms with van der Waals surface area (Å²) in [7, 11) is -1.95. The van der Waals surface area contributed by atoms with Crippen LogP contribution in [-0.2, 0) is 4.43 Å². The van der Waals surface area contributed by atoms with Crippen molar-refractivity contribution < 1.29 is 4.43 Å². The lowest BCUT2D eigenvalue weighted by atomic mass is 9.97. The van der Waals surface area contributed by atoms with Crippen molar-refractivity contribution in [2.24, 2.45) is 0 Å². The maximum atomic E-state index is 9.86. The second kappa shape index (κ2) is 8.84. The normalized spacial score (nSPS) is 14.6. The molecule has 2 aromatic carbocycles. The Morgan fingerprint density at radius 2 is 1.37 bits per heavy atom. The lowest BCUT2D eigenvalue weighted by Gasteiger charge is -2.40. The molecule has 27 heavy (non-hydrogen) atoms. The van der Waals surface area contributed by atoms with E-state index in [0.717, 1.165) is 11.1 Å². The van der Waals surface area contributed by atoms with Crippen molar-refractivity contribution in [1.82, 2.24) is 5.32 Å². The maximum absolute atomic E-state index is 9.86. The Morgan fingerprint density at radius 3 is 1.74 bits per heavy atom. The van der Waals surface area contributed by atoms with Crippen molar-refractivity contribution in [3.63, 3.8) is 0 Å². The van der Waals surface area contributed by atoms with E-state index in [0.29, 0.717) is 0 Å². The third-order valence-electron chi connectivity index (χ3n) is 5.51. The largest absolute Gasteiger partial charge is 0.412 e. The van der Waals surface area contributed by atoms with E-state index in [1.807, 2.05) is 43.3 Å². The minimum absolute atomic E-state index is 0.0532. The van der Waals surface area contributed by atoms with Gasteiger partial charge < -0.3 is 4.43 Å². The molecule has 0 unspecified atom stereocenters. The highest BCUT2D eigenvalue weighted by atomic mass is 28.4. The van der Waals surface area contributed by atoms with Crippen molar-refractivity contribution in [2.45, 2.75) is 64.0 Å². The molecule has 0 saturated carbocycles. The summed E-state index contributed by atoms with van der Waals surface area (Å²) in [4.78, 5) is 0. The molecular formula is C23H32N2OSi. The fourth-order valence-electron chi connectivity index (χ4n) is 2.84. The van der Waals surface area contributed by atoms with Crippen molar-refractivity contribution in [2.75, 3.05) is 0 Å². The lowest BCUT2D eigenvalue weighted by molar-refractivity contribution is 0.169. The number of nitrogens with one attached hydrogen (secondary N) is 1. The van der Waals surface area contributed by atoms with Gasteiger partial charge in [-0.05, 0) is 36.2 Å². The molecular weight excluding hydrogens is 348 g/mol. The Labute approximate surface area is 165 Å². The summed E-state index contributed by atoms with van der Waals surface area (Å²) in [5.74, 6) is 0. The predicted octanol–water partition coefficient (Wildman–Crippen LogP) is 5.67. The van der Waals surface area contributed by atoms with Crippen LogP contribution in [0.5, 0.6) is 0 Å². The molecule has 0 aromatic heterocycles. The summed E-state index contributed by atoms with van der Waals surface area (Å²) >= 11 is 0. The molecule has 144 valence electrons. The molecule has 2 aromatic rings. The zero-order chi connectivity index (χ0) is 20.1. The highest BCUT2D eigenvalue weighted by Gasteiger charge is 2.40. The summed E-state index contributed by atoms with van der Waals surface area (Å²) in [6.07, 6.45) is -0.189. The van der Waals surface area contributed by atoms with Crippen LogP contribution in [0.3, 0.4) is 0 Å². The van der Waals surface area contributed by atoms with Crippen LogP contribution >= 0.6 is 0 Å². The van der Waals surface area contributed by atoms with Gasteiger partial charge in [0.2, 0.25) is 0 Å². The smallest absolute Gasteiger partial charge is 0.192 e. The molecule has 3 nitrogen and oxygen atoms in total. The van der Waals surface area contributed by atoms with E-state index in [2.05, 4.69) is 69.5 Å². The van der Waals surface area contributed by atoms with Gasteiger partial charge >= 0.3 is 0 Å². The predicted molar refractivity (Wildman–Crippen MR) is 115 cm³/mol. The van der Waals surface area contributed by atoms with Gasteiger partial charge in [-0.1, -0.05) is 81.4 Å². The highest BCUT2D eigenvalue weighted by molar-refractivity contribution is 6.74. The second-order valence-corrected chi connectivity index (χ2v) is 13.4. The number of hydrogen-bond donors (Lipinski definition) is 1. The van der Waals surface area contributed by atoms with E-state index < -0.39 is 14.4 Å². The number of hydrogen-bond acceptors (Lipinski definition) is 3. The van der Waals surface area contributed by atoms with Crippen LogP contribution in [0.25, 0.3) is 0 Å². The molecule has 2 atom stereocenters. The van der Waals surface area contributed by atoms with Crippen molar-refractivity contribution in [3.05, 3.63) is 71.8 Å². The molecule has 0 heterocycles. The monoisotopic (exact) mass is 380 g/mol. The Kier molecular flexibility index (Phi) is 6.99. The second-order valence-electron chi connectivity index (χ2n) is 8.61. The average Bonchev–Trinajstić information content (AvgIpc) is 2.62. The van der Waals surface area contributed by atoms with Gasteiger partial charge in [0.1, 0.15) is 6.04 Å². The third-order valence-corrected chi connectivity index (χ3v) is 10.1. The van der Waals surface area contributed by atoms with Crippen molar-refractivity contribution in [1.29, 1.82) is 5.26 Å². The highest BCUT2D eigenvalue weighted by Crippen LogP contribution is 2.37. The molecule has 0 saturated heterocycles. The van der Waals surface area contributed by atoms with Gasteiger partial charge in [0, 0.05) is 0 Å². The number of rotatable bonds is 7. The first-order valence-corrected chi connectivity index (χ1v) is 12.5. The number of nitrogens with zero attached hydrogens (tertiary/aromatic N) is 1. The molecule has 4 heteroatoms. The molecule has 0 fully saturated rings. The van der Waals surface area contributed by atoms with Crippen molar-refractivity contribution in [3.8, 4) is 6.07 Å². The average molecular weight is 381 g/mol. The van der Waals surface area contributed by atoms with Crippen LogP contribution in [0, 0.1) is 11.3 Å². The topological polar surface area (TPSA) is 45.0 Å². The van der Waals surface area contributed by atoms with Crippen LogP contribution in [0.1, 0.15) is 44.9 Å². The first kappa shape index (κ1) is 21.4. The fraction of sp³-hybridized carbons (Fsp3) is 0.435. The van der Waals surface area contributed by atoms with Crippen LogP contribution in [0.15, 0.2) is 60.7 Å². The minimum Gasteiger partial charge on any atom is -0.412 e. The van der Waals surface area contributed by atoms with Gasteiger partial charge in [0.15, 0.2) is 8.32 Å². The van der Waals surface area contributed by atoms with E-state index in [9.17, 15) is 5.26 Å². The van der Waals surface area contributed by atoms with Gasteiger partial charge in [-0.15, -0.1) is 0 Å². The molecule has 0 aliphatic carbocycles. The fourth-order valence-corrected chi connectivity index (χ4v) is 4.26. The van der Waals surface area contributed by atoms with Gasteiger partial charge in [0.25, 0.3) is 0 Å². The molecule has 2 rings (SSSR count). The maximum Gasteiger partial charge on any atom is 0.192 e. The molecule has 0 spiro atoms. The standard InChI is InChI=1S/C23H32N2OSi/c1-18(26-27(5,6)23(2,3)4)21(17-24)25-22(19-13-9-7-10-14-19)20-15-11-8-12-16-20/h7-16,18,21-22,25H,1-6H3/t18-,21-/m0/s1. The Hall–Kier alpha value is -1.93. The minimum atomic E-state index is -1.95. The molecule has 1 N–H and O–H groups in total. The zero-order valence-corrected chi connectivity index (χ0v) is 18.4. The van der Waals surface area contributed by atoms with Crippen molar-refractivity contribution >= 4 is 8.32 Å². The Morgan fingerprint density at radius 1 is 0.926 bits per heavy atom. The van der Waals surface area contributed by atoms with Gasteiger partial charge in [-0.3, -0.25) is 5.32 Å². The van der Waals surface area contributed by atoms with Crippen LogP contribution in [0.2, 0.25) is 18.1 Å². The molecule has 0 bridgehead atoms. The van der Waals surface area contributed by atoms with E-state index >= 15 is 0 Å². The van der Waals surface area contributed by atoms with E-state index in [1.54, 1.807) is 0 Å². The first-order valence-electron chi connectivity index (χ1n) is 9.59. The van der Waals surface area contributed by atoms with Gasteiger partial charge in [0.05, 0.1) is 18.2 Å². The van der Waals surface area contributed by atoms with E-state index in [1.165, 1.54) is 0 Å². The zero-order valence-electron chi connectivity index (χ0n) is 17.4. The van der Waals surface area contributed by atoms with E-state index in [-0.39, 0.29) is 17.2 Å².